The van der Waals surface area contributed by atoms with E-state index in [4.69, 9.17) is 0 Å². The lowest BCUT2D eigenvalue weighted by atomic mass is 10.1. The van der Waals surface area contributed by atoms with Gasteiger partial charge in [-0.05, 0) is 25.0 Å². The number of ketones is 1. The van der Waals surface area contributed by atoms with Crippen molar-refractivity contribution < 1.29 is 11.0 Å². The fourth-order valence-corrected chi connectivity index (χ4v) is 1.33. The van der Waals surface area contributed by atoms with Crippen molar-refractivity contribution in [2.45, 2.75) is 32.6 Å². The first-order valence-corrected chi connectivity index (χ1v) is 5.58. The van der Waals surface area contributed by atoms with Gasteiger partial charge in [0.2, 0.25) is 5.91 Å². The maximum Gasteiger partial charge on any atom is 0.228 e. The molecule has 0 aromatic carbocycles. The van der Waals surface area contributed by atoms with Crippen LogP contribution in [0.15, 0.2) is 36.1 Å². The lowest BCUT2D eigenvalue weighted by Gasteiger charge is -2.07. The molecule has 0 aromatic heterocycles. The first-order chi connectivity index (χ1) is 7.72. The number of carbonyl (C=O) groups excluding carboxylic acids is 2. The lowest BCUT2D eigenvalue weighted by molar-refractivity contribution is -0.119. The van der Waals surface area contributed by atoms with Crippen LogP contribution < -0.4 is 5.32 Å². The third kappa shape index (κ3) is 4.73. The molecule has 88 valence electrons. The fourth-order valence-electron chi connectivity index (χ4n) is 1.33. The fraction of sp³-hybridized carbons (Fsp3) is 0.385. The van der Waals surface area contributed by atoms with Gasteiger partial charge in [0.05, 0.1) is 0 Å². The summed E-state index contributed by atoms with van der Waals surface area (Å²) in [5.41, 5.74) is 0.853. The van der Waals surface area contributed by atoms with Gasteiger partial charge in [-0.3, -0.25) is 9.59 Å². The van der Waals surface area contributed by atoms with E-state index in [1.807, 2.05) is 18.2 Å². The molecule has 0 fully saturated rings. The number of carbonyl (C=O) groups is 2. The topological polar surface area (TPSA) is 46.2 Å². The monoisotopic (exact) mass is 221 g/mol. The Hall–Kier alpha value is -1.64. The molecule has 3 nitrogen and oxygen atoms in total. The van der Waals surface area contributed by atoms with Gasteiger partial charge in [0.25, 0.3) is 0 Å². The molecule has 1 aliphatic rings. The Kier molecular flexibility index (Phi) is 5.26. The van der Waals surface area contributed by atoms with Crippen LogP contribution in [0.3, 0.4) is 0 Å². The SMILES string of the molecule is CCC(=O)/C=C/CC(=O)NC1=CCCC=C1.[HH]. The standard InChI is InChI=1S/C13H17NO2.H2/c1-2-12(15)9-6-10-13(16)14-11-7-4-3-5-8-11;/h4,6-9H,2-3,5,10H2,1H3,(H,14,16);1H/b9-6+;. The van der Waals surface area contributed by atoms with Gasteiger partial charge in [-0.15, -0.1) is 0 Å². The molecule has 0 saturated carbocycles. The predicted molar refractivity (Wildman–Crippen MR) is 65.8 cm³/mol. The van der Waals surface area contributed by atoms with Crippen molar-refractivity contribution in [3.63, 3.8) is 0 Å². The third-order valence-corrected chi connectivity index (χ3v) is 2.23. The minimum absolute atomic E-state index is 0. The van der Waals surface area contributed by atoms with E-state index < -0.39 is 0 Å². The average Bonchev–Trinajstić information content (AvgIpc) is 2.30. The number of rotatable bonds is 5. The van der Waals surface area contributed by atoms with Gasteiger partial charge in [0.15, 0.2) is 5.78 Å². The summed E-state index contributed by atoms with van der Waals surface area (Å²) in [6, 6.07) is 0. The second-order valence-corrected chi connectivity index (χ2v) is 3.61. The van der Waals surface area contributed by atoms with Crippen molar-refractivity contribution in [2.24, 2.45) is 0 Å². The number of hydrogen-bond donors (Lipinski definition) is 1. The van der Waals surface area contributed by atoms with Crippen LogP contribution >= 0.6 is 0 Å². The highest BCUT2D eigenvalue weighted by molar-refractivity contribution is 5.90. The summed E-state index contributed by atoms with van der Waals surface area (Å²) >= 11 is 0. The molecule has 1 N–H and O–H groups in total. The molecule has 1 rings (SSSR count). The molecule has 0 saturated heterocycles. The van der Waals surface area contributed by atoms with Crippen molar-refractivity contribution in [3.8, 4) is 0 Å². The van der Waals surface area contributed by atoms with Crippen LogP contribution in [0.25, 0.3) is 0 Å². The number of allylic oxidation sites excluding steroid dienone is 4. The maximum atomic E-state index is 11.4. The van der Waals surface area contributed by atoms with Gasteiger partial charge >= 0.3 is 0 Å². The summed E-state index contributed by atoms with van der Waals surface area (Å²) in [6.07, 6.45) is 11.7. The Labute approximate surface area is 97.4 Å². The molecular formula is C13H19NO2. The number of hydrogen-bond acceptors (Lipinski definition) is 2. The van der Waals surface area contributed by atoms with E-state index in [2.05, 4.69) is 5.32 Å². The highest BCUT2D eigenvalue weighted by Gasteiger charge is 2.02. The van der Waals surface area contributed by atoms with Gasteiger partial charge in [0, 0.05) is 20.0 Å². The van der Waals surface area contributed by atoms with Crippen molar-refractivity contribution in [1.82, 2.24) is 5.32 Å². The maximum absolute atomic E-state index is 11.4. The molecule has 0 bridgehead atoms. The molecule has 16 heavy (non-hydrogen) atoms. The van der Waals surface area contributed by atoms with Crippen molar-refractivity contribution >= 4 is 11.7 Å². The molecular weight excluding hydrogens is 202 g/mol. The summed E-state index contributed by atoms with van der Waals surface area (Å²) in [6.45, 7) is 1.80. The van der Waals surface area contributed by atoms with Crippen LogP contribution in [0.2, 0.25) is 0 Å². The smallest absolute Gasteiger partial charge is 0.228 e. The molecule has 0 heterocycles. The van der Waals surface area contributed by atoms with E-state index >= 15 is 0 Å². The quantitative estimate of drug-likeness (QED) is 0.725. The Morgan fingerprint density at radius 3 is 2.94 bits per heavy atom. The Morgan fingerprint density at radius 2 is 2.31 bits per heavy atom. The van der Waals surface area contributed by atoms with Crippen LogP contribution in [-0.2, 0) is 9.59 Å². The van der Waals surface area contributed by atoms with Crippen molar-refractivity contribution in [3.05, 3.63) is 36.1 Å². The largest absolute Gasteiger partial charge is 0.326 e. The Balaban J connectivity index is 0.00000256. The van der Waals surface area contributed by atoms with Crippen molar-refractivity contribution in [1.29, 1.82) is 0 Å². The first-order valence-electron chi connectivity index (χ1n) is 5.58. The first kappa shape index (κ1) is 12.4. The van der Waals surface area contributed by atoms with Gasteiger partial charge in [-0.2, -0.15) is 0 Å². The lowest BCUT2D eigenvalue weighted by Crippen LogP contribution is -2.21. The van der Waals surface area contributed by atoms with E-state index in [0.717, 1.165) is 18.5 Å². The molecule has 0 aliphatic heterocycles. The van der Waals surface area contributed by atoms with Crippen LogP contribution in [0.4, 0.5) is 0 Å². The summed E-state index contributed by atoms with van der Waals surface area (Å²) in [4.78, 5) is 22.4. The molecule has 0 aromatic rings. The second kappa shape index (κ2) is 6.77. The van der Waals surface area contributed by atoms with Crippen LogP contribution in [0.5, 0.6) is 0 Å². The summed E-state index contributed by atoms with van der Waals surface area (Å²) in [7, 11) is 0. The van der Waals surface area contributed by atoms with Gasteiger partial charge < -0.3 is 5.32 Å². The van der Waals surface area contributed by atoms with Crippen LogP contribution in [0, 0.1) is 0 Å². The minimum atomic E-state index is -0.0852. The summed E-state index contributed by atoms with van der Waals surface area (Å²) < 4.78 is 0. The van der Waals surface area contributed by atoms with E-state index in [-0.39, 0.29) is 19.5 Å². The zero-order valence-corrected chi connectivity index (χ0v) is 9.53. The minimum Gasteiger partial charge on any atom is -0.326 e. The molecule has 0 spiro atoms. The summed E-state index contributed by atoms with van der Waals surface area (Å²) in [5, 5.41) is 2.78. The Bertz CT molecular complexity index is 356. The molecule has 3 heteroatoms. The highest BCUT2D eigenvalue weighted by atomic mass is 16.1. The van der Waals surface area contributed by atoms with E-state index in [1.165, 1.54) is 6.08 Å². The molecule has 1 amide bonds. The highest BCUT2D eigenvalue weighted by Crippen LogP contribution is 2.06. The van der Waals surface area contributed by atoms with E-state index in [0.29, 0.717) is 6.42 Å². The van der Waals surface area contributed by atoms with Crippen LogP contribution in [0.1, 0.15) is 34.0 Å². The normalized spacial score (nSPS) is 14.9. The van der Waals surface area contributed by atoms with E-state index in [9.17, 15) is 9.59 Å². The second-order valence-electron chi connectivity index (χ2n) is 3.61. The van der Waals surface area contributed by atoms with Gasteiger partial charge in [0.1, 0.15) is 0 Å². The average molecular weight is 221 g/mol. The van der Waals surface area contributed by atoms with E-state index in [1.54, 1.807) is 13.0 Å². The number of nitrogens with one attached hydrogen (secondary N) is 1. The summed E-state index contributed by atoms with van der Waals surface area (Å²) in [5.74, 6) is -0.0393. The third-order valence-electron chi connectivity index (χ3n) is 2.23. The predicted octanol–water partition coefficient (Wildman–Crippen LogP) is 2.51. The zero-order valence-electron chi connectivity index (χ0n) is 9.53. The van der Waals surface area contributed by atoms with Gasteiger partial charge in [-0.25, -0.2) is 0 Å². The van der Waals surface area contributed by atoms with Crippen LogP contribution in [-0.4, -0.2) is 11.7 Å². The molecule has 0 radical (unpaired) electrons. The Morgan fingerprint density at radius 1 is 1.50 bits per heavy atom. The zero-order chi connectivity index (χ0) is 11.8. The molecule has 1 aliphatic carbocycles. The van der Waals surface area contributed by atoms with Crippen molar-refractivity contribution in [2.75, 3.05) is 0 Å². The molecule has 0 unspecified atom stereocenters. The molecule has 0 atom stereocenters. The van der Waals surface area contributed by atoms with Gasteiger partial charge in [-0.1, -0.05) is 25.2 Å². The number of amides is 1.